The normalized spacial score (nSPS) is 10.1. The van der Waals surface area contributed by atoms with E-state index in [0.717, 1.165) is 0 Å². The van der Waals surface area contributed by atoms with Gasteiger partial charge in [0.2, 0.25) is 0 Å². The Morgan fingerprint density at radius 2 is 2.00 bits per heavy atom. The monoisotopic (exact) mass is 247 g/mol. The van der Waals surface area contributed by atoms with Gasteiger partial charge in [0.15, 0.2) is 5.78 Å². The van der Waals surface area contributed by atoms with Crippen LogP contribution in [0.15, 0.2) is 41.8 Å². The number of para-hydroxylation sites is 1. The van der Waals surface area contributed by atoms with E-state index in [2.05, 4.69) is 0 Å². The molecule has 0 saturated heterocycles. The maximum absolute atomic E-state index is 11.8. The van der Waals surface area contributed by atoms with E-state index < -0.39 is 4.92 Å². The van der Waals surface area contributed by atoms with Crippen molar-refractivity contribution < 1.29 is 9.72 Å². The van der Waals surface area contributed by atoms with Crippen molar-refractivity contribution in [2.24, 2.45) is 0 Å². The molecule has 0 spiro atoms. The highest BCUT2D eigenvalue weighted by Crippen LogP contribution is 2.20. The van der Waals surface area contributed by atoms with E-state index in [4.69, 9.17) is 0 Å². The number of Topliss-reactive ketones (excluding diaryl/α,β-unsaturated/α-hetero) is 1. The van der Waals surface area contributed by atoms with Gasteiger partial charge in [-0.2, -0.15) is 0 Å². The maximum atomic E-state index is 11.8. The van der Waals surface area contributed by atoms with Crippen LogP contribution in [-0.2, 0) is 6.42 Å². The van der Waals surface area contributed by atoms with Crippen LogP contribution in [0.25, 0.3) is 0 Å². The number of ketones is 1. The Balaban J connectivity index is 2.25. The van der Waals surface area contributed by atoms with Gasteiger partial charge in [-0.15, -0.1) is 11.3 Å². The summed E-state index contributed by atoms with van der Waals surface area (Å²) in [6.07, 6.45) is 0.0671. The summed E-state index contributed by atoms with van der Waals surface area (Å²) in [5.41, 5.74) is 0.452. The van der Waals surface area contributed by atoms with Crippen molar-refractivity contribution in [1.29, 1.82) is 0 Å². The molecule has 0 bridgehead atoms. The van der Waals surface area contributed by atoms with Crippen molar-refractivity contribution in [3.8, 4) is 0 Å². The van der Waals surface area contributed by atoms with Crippen molar-refractivity contribution in [3.05, 3.63) is 62.3 Å². The second kappa shape index (κ2) is 4.88. The van der Waals surface area contributed by atoms with Crippen LogP contribution < -0.4 is 0 Å². The number of rotatable bonds is 4. The lowest BCUT2D eigenvalue weighted by molar-refractivity contribution is -0.385. The summed E-state index contributed by atoms with van der Waals surface area (Å²) >= 11 is 1.35. The van der Waals surface area contributed by atoms with Gasteiger partial charge >= 0.3 is 0 Å². The molecule has 17 heavy (non-hydrogen) atoms. The second-order valence-corrected chi connectivity index (χ2v) is 4.41. The molecule has 0 atom stereocenters. The summed E-state index contributed by atoms with van der Waals surface area (Å²) in [5, 5.41) is 12.6. The number of nitro benzene ring substituents is 1. The zero-order valence-corrected chi connectivity index (χ0v) is 9.65. The topological polar surface area (TPSA) is 60.2 Å². The molecule has 2 aromatic rings. The van der Waals surface area contributed by atoms with Crippen molar-refractivity contribution >= 4 is 22.8 Å². The van der Waals surface area contributed by atoms with Crippen LogP contribution in [-0.4, -0.2) is 10.7 Å². The number of nitro groups is 1. The number of hydrogen-bond donors (Lipinski definition) is 0. The van der Waals surface area contributed by atoms with E-state index in [1.54, 1.807) is 30.3 Å². The molecule has 0 radical (unpaired) electrons. The third-order valence-corrected chi connectivity index (χ3v) is 3.25. The lowest BCUT2D eigenvalue weighted by atomic mass is 10.1. The minimum absolute atomic E-state index is 0.00240. The first-order valence-electron chi connectivity index (χ1n) is 4.97. The minimum Gasteiger partial charge on any atom is -0.293 e. The summed E-state index contributed by atoms with van der Waals surface area (Å²) in [7, 11) is 0. The Morgan fingerprint density at radius 3 is 2.65 bits per heavy atom. The lowest BCUT2D eigenvalue weighted by Gasteiger charge is -2.00. The van der Waals surface area contributed by atoms with Crippen LogP contribution >= 0.6 is 11.3 Å². The molecule has 1 aromatic carbocycles. The molecule has 0 aliphatic rings. The molecule has 0 aliphatic heterocycles. The molecule has 0 amide bonds. The molecular weight excluding hydrogens is 238 g/mol. The largest absolute Gasteiger partial charge is 0.293 e. The third-order valence-electron chi connectivity index (χ3n) is 2.34. The zero-order chi connectivity index (χ0) is 12.3. The number of carbonyl (C=O) groups is 1. The van der Waals surface area contributed by atoms with E-state index in [-0.39, 0.29) is 17.9 Å². The van der Waals surface area contributed by atoms with Crippen LogP contribution in [0, 0.1) is 10.1 Å². The average Bonchev–Trinajstić information content (AvgIpc) is 2.83. The van der Waals surface area contributed by atoms with Crippen LogP contribution in [0.4, 0.5) is 5.69 Å². The SMILES string of the molecule is O=C(Cc1ccccc1[N+](=O)[O-])c1cccs1. The summed E-state index contributed by atoms with van der Waals surface area (Å²) in [4.78, 5) is 22.8. The molecule has 2 rings (SSSR count). The molecule has 1 aromatic heterocycles. The first-order valence-corrected chi connectivity index (χ1v) is 5.85. The maximum Gasteiger partial charge on any atom is 0.273 e. The molecule has 5 heteroatoms. The van der Waals surface area contributed by atoms with E-state index in [1.807, 2.05) is 5.38 Å². The van der Waals surface area contributed by atoms with Gasteiger partial charge in [0, 0.05) is 18.1 Å². The van der Waals surface area contributed by atoms with Gasteiger partial charge in [-0.3, -0.25) is 14.9 Å². The molecule has 4 nitrogen and oxygen atoms in total. The molecule has 0 saturated carbocycles. The quantitative estimate of drug-likeness (QED) is 0.474. The van der Waals surface area contributed by atoms with Gasteiger partial charge in [0.1, 0.15) is 0 Å². The Kier molecular flexibility index (Phi) is 3.30. The van der Waals surface area contributed by atoms with E-state index in [0.29, 0.717) is 10.4 Å². The standard InChI is InChI=1S/C12H9NO3S/c14-11(12-6-3-7-17-12)8-9-4-1-2-5-10(9)13(15)16/h1-7H,8H2. The molecule has 0 fully saturated rings. The van der Waals surface area contributed by atoms with Gasteiger partial charge < -0.3 is 0 Å². The predicted molar refractivity (Wildman–Crippen MR) is 65.4 cm³/mol. The van der Waals surface area contributed by atoms with Gasteiger partial charge in [0.25, 0.3) is 5.69 Å². The zero-order valence-electron chi connectivity index (χ0n) is 8.83. The van der Waals surface area contributed by atoms with Crippen LogP contribution in [0.3, 0.4) is 0 Å². The molecular formula is C12H9NO3S. The molecule has 0 N–H and O–H groups in total. The summed E-state index contributed by atoms with van der Waals surface area (Å²) in [6, 6.07) is 9.83. The third kappa shape index (κ3) is 2.57. The van der Waals surface area contributed by atoms with E-state index >= 15 is 0 Å². The Morgan fingerprint density at radius 1 is 1.24 bits per heavy atom. The Hall–Kier alpha value is -2.01. The number of hydrogen-bond acceptors (Lipinski definition) is 4. The number of nitrogens with zero attached hydrogens (tertiary/aromatic N) is 1. The fourth-order valence-electron chi connectivity index (χ4n) is 1.54. The molecule has 1 heterocycles. The predicted octanol–water partition coefficient (Wildman–Crippen LogP) is 3.08. The Bertz CT molecular complexity index is 549. The first kappa shape index (κ1) is 11.5. The highest BCUT2D eigenvalue weighted by Gasteiger charge is 2.16. The van der Waals surface area contributed by atoms with Gasteiger partial charge in [-0.05, 0) is 11.4 Å². The van der Waals surface area contributed by atoms with E-state index in [9.17, 15) is 14.9 Å². The number of thiophene rings is 1. The van der Waals surface area contributed by atoms with E-state index in [1.165, 1.54) is 17.4 Å². The second-order valence-electron chi connectivity index (χ2n) is 3.46. The Labute approximate surface area is 102 Å². The fourth-order valence-corrected chi connectivity index (χ4v) is 2.20. The average molecular weight is 247 g/mol. The van der Waals surface area contributed by atoms with Crippen molar-refractivity contribution in [2.75, 3.05) is 0 Å². The van der Waals surface area contributed by atoms with Crippen LogP contribution in [0.2, 0.25) is 0 Å². The fraction of sp³-hybridized carbons (Fsp3) is 0.0833. The van der Waals surface area contributed by atoms with Crippen molar-refractivity contribution in [3.63, 3.8) is 0 Å². The molecule has 86 valence electrons. The molecule has 0 unspecified atom stereocenters. The first-order chi connectivity index (χ1) is 8.18. The molecule has 0 aliphatic carbocycles. The lowest BCUT2D eigenvalue weighted by Crippen LogP contribution is -2.04. The van der Waals surface area contributed by atoms with Gasteiger partial charge in [-0.25, -0.2) is 0 Å². The van der Waals surface area contributed by atoms with Crippen molar-refractivity contribution in [2.45, 2.75) is 6.42 Å². The summed E-state index contributed by atoms with van der Waals surface area (Å²) < 4.78 is 0. The van der Waals surface area contributed by atoms with Gasteiger partial charge in [0.05, 0.1) is 9.80 Å². The highest BCUT2D eigenvalue weighted by molar-refractivity contribution is 7.12. The van der Waals surface area contributed by atoms with Crippen LogP contribution in [0.5, 0.6) is 0 Å². The van der Waals surface area contributed by atoms with Crippen LogP contribution in [0.1, 0.15) is 15.2 Å². The van der Waals surface area contributed by atoms with Crippen molar-refractivity contribution in [1.82, 2.24) is 0 Å². The minimum atomic E-state index is -0.461. The summed E-state index contributed by atoms with van der Waals surface area (Å²) in [5.74, 6) is -0.0886. The number of carbonyl (C=O) groups excluding carboxylic acids is 1. The van der Waals surface area contributed by atoms with Gasteiger partial charge in [-0.1, -0.05) is 24.3 Å². The highest BCUT2D eigenvalue weighted by atomic mass is 32.1. The number of benzene rings is 1. The summed E-state index contributed by atoms with van der Waals surface area (Å²) in [6.45, 7) is 0. The smallest absolute Gasteiger partial charge is 0.273 e.